The molecule has 0 atom stereocenters. The van der Waals surface area contributed by atoms with E-state index in [4.69, 9.17) is 0 Å². The van der Waals surface area contributed by atoms with Crippen LogP contribution in [0.3, 0.4) is 0 Å². The van der Waals surface area contributed by atoms with E-state index >= 15 is 0 Å². The molecule has 6 nitrogen and oxygen atoms in total. The van der Waals surface area contributed by atoms with Crippen LogP contribution in [-0.2, 0) is 0 Å². The van der Waals surface area contributed by atoms with Crippen molar-refractivity contribution in [1.82, 2.24) is 0 Å². The van der Waals surface area contributed by atoms with E-state index in [1.807, 2.05) is 18.2 Å². The molecule has 132 valence electrons. The summed E-state index contributed by atoms with van der Waals surface area (Å²) in [6.07, 6.45) is 0. The zero-order valence-corrected chi connectivity index (χ0v) is 14.4. The molecule has 1 amide bonds. The van der Waals surface area contributed by atoms with Crippen LogP contribution >= 0.6 is 0 Å². The summed E-state index contributed by atoms with van der Waals surface area (Å²) in [7, 11) is 1.61. The van der Waals surface area contributed by atoms with Gasteiger partial charge < -0.3 is 4.90 Å². The number of carbonyl (C=O) groups is 2. The molecule has 0 fully saturated rings. The molecule has 0 saturated heterocycles. The fourth-order valence-corrected chi connectivity index (χ4v) is 3.27. The first-order chi connectivity index (χ1) is 13.0. The van der Waals surface area contributed by atoms with Gasteiger partial charge in [-0.15, -0.1) is 0 Å². The number of nitro groups is 1. The minimum Gasteiger partial charge on any atom is -0.311 e. The molecule has 0 bridgehead atoms. The lowest BCUT2D eigenvalue weighted by atomic mass is 10.0. The van der Waals surface area contributed by atoms with Crippen molar-refractivity contribution >= 4 is 23.1 Å². The molecule has 0 aliphatic heterocycles. The van der Waals surface area contributed by atoms with Crippen molar-refractivity contribution in [2.75, 3.05) is 11.9 Å². The highest BCUT2D eigenvalue weighted by molar-refractivity contribution is 6.22. The van der Waals surface area contributed by atoms with Gasteiger partial charge >= 0.3 is 0 Å². The number of fused-ring (bicyclic) bond motifs is 3. The van der Waals surface area contributed by atoms with Crippen LogP contribution < -0.4 is 4.90 Å². The van der Waals surface area contributed by atoms with Gasteiger partial charge in [0.25, 0.3) is 11.6 Å². The van der Waals surface area contributed by atoms with Gasteiger partial charge in [0, 0.05) is 41.6 Å². The third-order valence-corrected chi connectivity index (χ3v) is 4.73. The summed E-state index contributed by atoms with van der Waals surface area (Å²) in [4.78, 5) is 37.0. The minimum absolute atomic E-state index is 0.0350. The van der Waals surface area contributed by atoms with Crippen molar-refractivity contribution in [2.45, 2.75) is 0 Å². The summed E-state index contributed by atoms with van der Waals surface area (Å²) >= 11 is 0. The number of amides is 1. The SMILES string of the molecule is CN(C(=O)c1ccc2c(c1)-c1ccccc1C2=O)c1ccc([N+](=O)[O-])cc1. The van der Waals surface area contributed by atoms with Gasteiger partial charge in [-0.05, 0) is 41.5 Å². The van der Waals surface area contributed by atoms with E-state index in [1.54, 1.807) is 31.3 Å². The average Bonchev–Trinajstić information content (AvgIpc) is 2.99. The van der Waals surface area contributed by atoms with Crippen LogP contribution in [0, 0.1) is 10.1 Å². The van der Waals surface area contributed by atoms with E-state index in [0.29, 0.717) is 22.4 Å². The molecule has 0 spiro atoms. The van der Waals surface area contributed by atoms with Gasteiger partial charge in [0.1, 0.15) is 0 Å². The van der Waals surface area contributed by atoms with Gasteiger partial charge in [-0.2, -0.15) is 0 Å². The van der Waals surface area contributed by atoms with Crippen LogP contribution in [0.15, 0.2) is 66.7 Å². The number of hydrogen-bond donors (Lipinski definition) is 0. The quantitative estimate of drug-likeness (QED) is 0.408. The molecule has 1 aliphatic rings. The van der Waals surface area contributed by atoms with Crippen molar-refractivity contribution in [3.05, 3.63) is 93.5 Å². The Kier molecular flexibility index (Phi) is 3.81. The Labute approximate surface area is 154 Å². The molecule has 0 aromatic heterocycles. The van der Waals surface area contributed by atoms with E-state index < -0.39 is 4.92 Å². The minimum atomic E-state index is -0.486. The summed E-state index contributed by atoms with van der Waals surface area (Å²) in [6.45, 7) is 0. The Hall–Kier alpha value is -3.80. The molecule has 4 rings (SSSR count). The van der Waals surface area contributed by atoms with Crippen molar-refractivity contribution < 1.29 is 14.5 Å². The lowest BCUT2D eigenvalue weighted by molar-refractivity contribution is -0.384. The van der Waals surface area contributed by atoms with Crippen LogP contribution in [0.4, 0.5) is 11.4 Å². The number of nitro benzene ring substituents is 1. The smallest absolute Gasteiger partial charge is 0.269 e. The molecule has 0 heterocycles. The molecule has 0 radical (unpaired) electrons. The molecule has 0 N–H and O–H groups in total. The highest BCUT2D eigenvalue weighted by Gasteiger charge is 2.27. The second-order valence-electron chi connectivity index (χ2n) is 6.27. The largest absolute Gasteiger partial charge is 0.311 e. The number of carbonyl (C=O) groups excluding carboxylic acids is 2. The van der Waals surface area contributed by atoms with Gasteiger partial charge in [0.2, 0.25) is 0 Å². The number of hydrogen-bond acceptors (Lipinski definition) is 4. The Morgan fingerprint density at radius 1 is 0.889 bits per heavy atom. The maximum atomic E-state index is 12.9. The number of non-ortho nitro benzene ring substituents is 1. The summed E-state index contributed by atoms with van der Waals surface area (Å²) < 4.78 is 0. The molecular formula is C21H14N2O4. The number of anilines is 1. The molecular weight excluding hydrogens is 344 g/mol. The average molecular weight is 358 g/mol. The number of ketones is 1. The van der Waals surface area contributed by atoms with Crippen LogP contribution in [0.5, 0.6) is 0 Å². The van der Waals surface area contributed by atoms with Crippen LogP contribution in [0.1, 0.15) is 26.3 Å². The van der Waals surface area contributed by atoms with Gasteiger partial charge in [-0.25, -0.2) is 0 Å². The molecule has 1 aliphatic carbocycles. The Balaban J connectivity index is 1.68. The zero-order chi connectivity index (χ0) is 19.1. The second-order valence-corrected chi connectivity index (χ2v) is 6.27. The first-order valence-electron chi connectivity index (χ1n) is 8.28. The monoisotopic (exact) mass is 358 g/mol. The van der Waals surface area contributed by atoms with Gasteiger partial charge in [0.05, 0.1) is 4.92 Å². The summed E-state index contributed by atoms with van der Waals surface area (Å²) in [5.41, 5.74) is 3.75. The Bertz CT molecular complexity index is 1100. The molecule has 3 aromatic rings. The lowest BCUT2D eigenvalue weighted by Crippen LogP contribution is -2.26. The highest BCUT2D eigenvalue weighted by Crippen LogP contribution is 2.37. The van der Waals surface area contributed by atoms with Crippen LogP contribution in [0.25, 0.3) is 11.1 Å². The maximum absolute atomic E-state index is 12.9. The number of rotatable bonds is 3. The molecule has 3 aromatic carbocycles. The lowest BCUT2D eigenvalue weighted by Gasteiger charge is -2.17. The van der Waals surface area contributed by atoms with Crippen LogP contribution in [0.2, 0.25) is 0 Å². The summed E-state index contributed by atoms with van der Waals surface area (Å²) in [6, 6.07) is 18.1. The Morgan fingerprint density at radius 2 is 1.52 bits per heavy atom. The Morgan fingerprint density at radius 3 is 2.19 bits per heavy atom. The second kappa shape index (κ2) is 6.17. The normalized spacial score (nSPS) is 11.7. The third kappa shape index (κ3) is 2.67. The van der Waals surface area contributed by atoms with E-state index in [9.17, 15) is 19.7 Å². The van der Waals surface area contributed by atoms with E-state index in [1.165, 1.54) is 29.2 Å². The number of benzene rings is 3. The van der Waals surface area contributed by atoms with Gasteiger partial charge in [-0.3, -0.25) is 19.7 Å². The summed E-state index contributed by atoms with van der Waals surface area (Å²) in [5, 5.41) is 10.8. The van der Waals surface area contributed by atoms with Crippen molar-refractivity contribution in [3.8, 4) is 11.1 Å². The van der Waals surface area contributed by atoms with Crippen LogP contribution in [-0.4, -0.2) is 23.7 Å². The first-order valence-corrected chi connectivity index (χ1v) is 8.28. The molecule has 0 unspecified atom stereocenters. The van der Waals surface area contributed by atoms with Crippen molar-refractivity contribution in [3.63, 3.8) is 0 Å². The van der Waals surface area contributed by atoms with Crippen molar-refractivity contribution in [1.29, 1.82) is 0 Å². The summed E-state index contributed by atoms with van der Waals surface area (Å²) in [5.74, 6) is -0.299. The number of nitrogens with zero attached hydrogens (tertiary/aromatic N) is 2. The molecule has 27 heavy (non-hydrogen) atoms. The van der Waals surface area contributed by atoms with Gasteiger partial charge in [0.15, 0.2) is 5.78 Å². The highest BCUT2D eigenvalue weighted by atomic mass is 16.6. The molecule has 0 saturated carbocycles. The first kappa shape index (κ1) is 16.7. The predicted molar refractivity (Wildman–Crippen MR) is 101 cm³/mol. The fraction of sp³-hybridized carbons (Fsp3) is 0.0476. The van der Waals surface area contributed by atoms with E-state index in [-0.39, 0.29) is 17.4 Å². The maximum Gasteiger partial charge on any atom is 0.269 e. The van der Waals surface area contributed by atoms with Gasteiger partial charge in [-0.1, -0.05) is 24.3 Å². The standard InChI is InChI=1S/C21H14N2O4/c1-22(14-7-9-15(10-8-14)23(26)27)21(25)13-6-11-18-19(12-13)16-4-2-3-5-17(16)20(18)24/h2-12H,1H3. The third-order valence-electron chi connectivity index (χ3n) is 4.73. The topological polar surface area (TPSA) is 80.5 Å². The molecule has 6 heteroatoms. The zero-order valence-electron chi connectivity index (χ0n) is 14.4. The van der Waals surface area contributed by atoms with E-state index in [0.717, 1.165) is 11.1 Å². The van der Waals surface area contributed by atoms with Crippen molar-refractivity contribution in [2.24, 2.45) is 0 Å². The fourth-order valence-electron chi connectivity index (χ4n) is 3.27. The predicted octanol–water partition coefficient (Wildman–Crippen LogP) is 4.08. The van der Waals surface area contributed by atoms with E-state index in [2.05, 4.69) is 0 Å².